The number of hydrazone groups is 1. The average Bonchev–Trinajstić information content (AvgIpc) is 3.29. The van der Waals surface area contributed by atoms with Crippen molar-refractivity contribution in [1.82, 2.24) is 5.43 Å². The Balaban J connectivity index is 1.35. The maximum atomic E-state index is 13.0. The van der Waals surface area contributed by atoms with E-state index in [1.807, 2.05) is 6.92 Å². The lowest BCUT2D eigenvalue weighted by molar-refractivity contribution is -0.118. The smallest absolute Gasteiger partial charge is 0.307 e. The van der Waals surface area contributed by atoms with Crippen LogP contribution in [0.1, 0.15) is 23.0 Å². The largest absolute Gasteiger partial charge is 0.494 e. The summed E-state index contributed by atoms with van der Waals surface area (Å²) in [6.45, 7) is 2.16. The summed E-state index contributed by atoms with van der Waals surface area (Å²) in [5, 5.41) is 7.33. The number of rotatable bonds is 9. The lowest BCUT2D eigenvalue weighted by atomic mass is 10.2. The van der Waals surface area contributed by atoms with Crippen LogP contribution in [0.5, 0.6) is 11.5 Å². The molecule has 0 atom stereocenters. The molecule has 2 N–H and O–H groups in total. The zero-order valence-corrected chi connectivity index (χ0v) is 18.8. The number of halogens is 1. The minimum absolute atomic E-state index is 0.104. The van der Waals surface area contributed by atoms with E-state index in [9.17, 15) is 14.0 Å². The average molecular weight is 475 g/mol. The van der Waals surface area contributed by atoms with Gasteiger partial charge in [0.15, 0.2) is 12.4 Å². The number of hydrogen-bond acceptors (Lipinski definition) is 6. The van der Waals surface area contributed by atoms with E-state index < -0.39 is 17.6 Å². The highest BCUT2D eigenvalue weighted by Crippen LogP contribution is 2.24. The number of benzene rings is 3. The molecule has 9 heteroatoms. The van der Waals surface area contributed by atoms with Crippen LogP contribution < -0.4 is 20.2 Å². The molecule has 0 spiro atoms. The monoisotopic (exact) mass is 475 g/mol. The van der Waals surface area contributed by atoms with Crippen LogP contribution in [0.25, 0.3) is 11.0 Å². The summed E-state index contributed by atoms with van der Waals surface area (Å²) in [5.74, 6) is -0.134. The Kier molecular flexibility index (Phi) is 7.37. The highest BCUT2D eigenvalue weighted by atomic mass is 19.1. The van der Waals surface area contributed by atoms with E-state index >= 15 is 0 Å². The van der Waals surface area contributed by atoms with Gasteiger partial charge in [-0.1, -0.05) is 12.1 Å². The van der Waals surface area contributed by atoms with Crippen LogP contribution in [-0.2, 0) is 4.79 Å². The third-order valence-corrected chi connectivity index (χ3v) is 4.80. The summed E-state index contributed by atoms with van der Waals surface area (Å²) in [6.07, 6.45) is 1.40. The van der Waals surface area contributed by atoms with Crippen molar-refractivity contribution >= 4 is 34.7 Å². The van der Waals surface area contributed by atoms with Crippen molar-refractivity contribution in [3.05, 3.63) is 89.9 Å². The van der Waals surface area contributed by atoms with Crippen LogP contribution in [0.2, 0.25) is 0 Å². The summed E-state index contributed by atoms with van der Waals surface area (Å²) >= 11 is 0. The molecule has 4 rings (SSSR count). The molecule has 0 aliphatic rings. The number of anilines is 1. The van der Waals surface area contributed by atoms with Crippen molar-refractivity contribution in [2.24, 2.45) is 5.10 Å². The second-order valence-corrected chi connectivity index (χ2v) is 7.32. The summed E-state index contributed by atoms with van der Waals surface area (Å²) in [6, 6.07) is 19.2. The van der Waals surface area contributed by atoms with E-state index in [0.29, 0.717) is 34.9 Å². The number of carbonyl (C=O) groups excluding carboxylic acids is 2. The van der Waals surface area contributed by atoms with E-state index in [-0.39, 0.29) is 12.4 Å². The molecule has 35 heavy (non-hydrogen) atoms. The van der Waals surface area contributed by atoms with E-state index in [1.165, 1.54) is 30.5 Å². The van der Waals surface area contributed by atoms with Crippen LogP contribution in [0.3, 0.4) is 0 Å². The molecule has 3 aromatic carbocycles. The third kappa shape index (κ3) is 6.23. The van der Waals surface area contributed by atoms with Gasteiger partial charge in [0.2, 0.25) is 0 Å². The number of hydrogen-bond donors (Lipinski definition) is 2. The molecule has 1 heterocycles. The summed E-state index contributed by atoms with van der Waals surface area (Å²) in [4.78, 5) is 24.6. The Labute approximate surface area is 200 Å². The fourth-order valence-corrected chi connectivity index (χ4v) is 3.20. The van der Waals surface area contributed by atoms with Gasteiger partial charge in [0, 0.05) is 16.6 Å². The zero-order valence-electron chi connectivity index (χ0n) is 18.8. The normalized spacial score (nSPS) is 10.9. The summed E-state index contributed by atoms with van der Waals surface area (Å²) in [7, 11) is 0. The number of carbonyl (C=O) groups is 2. The zero-order chi connectivity index (χ0) is 24.6. The number of fused-ring (bicyclic) bond motifs is 1. The number of nitrogens with zero attached hydrogens (tertiary/aromatic N) is 1. The Hall–Kier alpha value is -4.66. The van der Waals surface area contributed by atoms with Crippen LogP contribution in [0.4, 0.5) is 10.1 Å². The first-order chi connectivity index (χ1) is 17.0. The van der Waals surface area contributed by atoms with Crippen molar-refractivity contribution in [2.45, 2.75) is 6.92 Å². The Morgan fingerprint density at radius 1 is 1.03 bits per heavy atom. The lowest BCUT2D eigenvalue weighted by Gasteiger charge is -2.09. The Morgan fingerprint density at radius 2 is 1.83 bits per heavy atom. The fourth-order valence-electron chi connectivity index (χ4n) is 3.20. The van der Waals surface area contributed by atoms with Crippen LogP contribution in [0.15, 0.2) is 82.3 Å². The number of furan rings is 1. The quantitative estimate of drug-likeness (QED) is 0.269. The third-order valence-electron chi connectivity index (χ3n) is 4.80. The molecule has 0 radical (unpaired) electrons. The van der Waals surface area contributed by atoms with E-state index in [1.54, 1.807) is 48.5 Å². The van der Waals surface area contributed by atoms with Crippen LogP contribution in [-0.4, -0.2) is 31.2 Å². The van der Waals surface area contributed by atoms with Gasteiger partial charge in [0.25, 0.3) is 5.91 Å². The van der Waals surface area contributed by atoms with Gasteiger partial charge in [0.1, 0.15) is 22.9 Å². The van der Waals surface area contributed by atoms with Gasteiger partial charge >= 0.3 is 5.91 Å². The van der Waals surface area contributed by atoms with Crippen molar-refractivity contribution in [1.29, 1.82) is 0 Å². The van der Waals surface area contributed by atoms with Gasteiger partial charge in [-0.3, -0.25) is 9.59 Å². The molecular formula is C26H22FN3O5. The first kappa shape index (κ1) is 23.5. The van der Waals surface area contributed by atoms with Gasteiger partial charge < -0.3 is 19.2 Å². The molecule has 0 saturated carbocycles. The maximum Gasteiger partial charge on any atom is 0.307 e. The molecule has 0 saturated heterocycles. The lowest BCUT2D eigenvalue weighted by Crippen LogP contribution is -2.20. The van der Waals surface area contributed by atoms with Crippen LogP contribution >= 0.6 is 0 Å². The number of nitrogens with one attached hydrogen (secondary N) is 2. The molecule has 178 valence electrons. The van der Waals surface area contributed by atoms with Gasteiger partial charge in [-0.2, -0.15) is 5.10 Å². The summed E-state index contributed by atoms with van der Waals surface area (Å²) in [5.41, 5.74) is 3.98. The van der Waals surface area contributed by atoms with Crippen molar-refractivity contribution in [3.63, 3.8) is 0 Å². The first-order valence-corrected chi connectivity index (χ1v) is 10.8. The molecule has 0 fully saturated rings. The minimum Gasteiger partial charge on any atom is -0.494 e. The topological polar surface area (TPSA) is 102 Å². The standard InChI is InChI=1S/C26H22FN3O5/c1-2-33-21-11-12-23-18(13-21)14-24(35-23)26(32)30-28-15-17-5-3-4-6-22(17)34-16-25(31)29-20-9-7-19(27)8-10-20/h3-15H,2,16H2,1H3,(H,29,31)(H,30,32)/b28-15+. The van der Waals surface area contributed by atoms with E-state index in [2.05, 4.69) is 15.8 Å². The number of amides is 2. The van der Waals surface area contributed by atoms with Gasteiger partial charge in [-0.25, -0.2) is 9.82 Å². The van der Waals surface area contributed by atoms with Crippen molar-refractivity contribution in [2.75, 3.05) is 18.5 Å². The molecule has 0 bridgehead atoms. The molecule has 8 nitrogen and oxygen atoms in total. The van der Waals surface area contributed by atoms with Gasteiger partial charge in [0.05, 0.1) is 12.8 Å². The Bertz CT molecular complexity index is 1370. The van der Waals surface area contributed by atoms with E-state index in [0.717, 1.165) is 5.39 Å². The second-order valence-electron chi connectivity index (χ2n) is 7.32. The van der Waals surface area contributed by atoms with Crippen molar-refractivity contribution in [3.8, 4) is 11.5 Å². The van der Waals surface area contributed by atoms with Gasteiger partial charge in [-0.05, 0) is 67.6 Å². The SMILES string of the molecule is CCOc1ccc2oc(C(=O)N/N=C/c3ccccc3OCC(=O)Nc3ccc(F)cc3)cc2c1. The Morgan fingerprint density at radius 3 is 2.63 bits per heavy atom. The molecule has 1 aromatic heterocycles. The molecule has 0 unspecified atom stereocenters. The molecule has 4 aromatic rings. The number of ether oxygens (including phenoxy) is 2. The van der Waals surface area contributed by atoms with Crippen LogP contribution in [0, 0.1) is 5.82 Å². The molecule has 2 amide bonds. The molecular weight excluding hydrogens is 453 g/mol. The second kappa shape index (κ2) is 11.0. The highest BCUT2D eigenvalue weighted by molar-refractivity contribution is 5.97. The fraction of sp³-hybridized carbons (Fsp3) is 0.115. The highest BCUT2D eigenvalue weighted by Gasteiger charge is 2.12. The first-order valence-electron chi connectivity index (χ1n) is 10.8. The van der Waals surface area contributed by atoms with Crippen molar-refractivity contribution < 1.29 is 27.9 Å². The number of para-hydroxylation sites is 1. The summed E-state index contributed by atoms with van der Waals surface area (Å²) < 4.78 is 29.6. The molecule has 0 aliphatic heterocycles. The predicted octanol–water partition coefficient (Wildman–Crippen LogP) is 4.75. The molecule has 0 aliphatic carbocycles. The van der Waals surface area contributed by atoms with E-state index in [4.69, 9.17) is 13.9 Å². The maximum absolute atomic E-state index is 13.0. The minimum atomic E-state index is -0.521. The predicted molar refractivity (Wildman–Crippen MR) is 129 cm³/mol. The van der Waals surface area contributed by atoms with Gasteiger partial charge in [-0.15, -0.1) is 0 Å².